The fraction of sp³-hybridized carbons (Fsp3) is 0.500. The van der Waals surface area contributed by atoms with Crippen molar-refractivity contribution in [2.45, 2.75) is 38.8 Å². The number of benzene rings is 1. The van der Waals surface area contributed by atoms with Crippen LogP contribution >= 0.6 is 0 Å². The van der Waals surface area contributed by atoms with Crippen LogP contribution in [-0.4, -0.2) is 46.2 Å². The highest BCUT2D eigenvalue weighted by Gasteiger charge is 2.24. The van der Waals surface area contributed by atoms with Crippen molar-refractivity contribution in [3.8, 4) is 0 Å². The number of halogens is 1. The van der Waals surface area contributed by atoms with Crippen molar-refractivity contribution in [2.24, 2.45) is 0 Å². The number of anilines is 1. The molecular formula is C18H22FN5O2. The highest BCUT2D eigenvalue weighted by Crippen LogP contribution is 2.26. The zero-order chi connectivity index (χ0) is 18.1. The van der Waals surface area contributed by atoms with Crippen LogP contribution in [0.5, 0.6) is 0 Å². The topological polar surface area (TPSA) is 71.4 Å². The van der Waals surface area contributed by atoms with Crippen LogP contribution in [0.1, 0.15) is 31.0 Å². The van der Waals surface area contributed by atoms with E-state index in [9.17, 15) is 4.39 Å². The van der Waals surface area contributed by atoms with Crippen LogP contribution in [0.25, 0.3) is 11.1 Å². The Balaban J connectivity index is 1.42. The second kappa shape index (κ2) is 7.03. The molecule has 1 unspecified atom stereocenters. The molecule has 0 aliphatic carbocycles. The summed E-state index contributed by atoms with van der Waals surface area (Å²) in [7, 11) is 2.09. The second-order valence-corrected chi connectivity index (χ2v) is 6.82. The third-order valence-electron chi connectivity index (χ3n) is 4.89. The van der Waals surface area contributed by atoms with E-state index in [4.69, 9.17) is 8.94 Å². The Morgan fingerprint density at radius 1 is 1.27 bits per heavy atom. The molecule has 0 saturated carbocycles. The number of aromatic nitrogens is 3. The van der Waals surface area contributed by atoms with Crippen LogP contribution < -0.4 is 4.90 Å². The standard InChI is InChI=1S/C18H22FN5O2/c1-12-20-17(22-26-12)11-23(2)14-4-3-8-24(9-7-14)18-21-15-10-13(19)5-6-16(15)25-18/h5-6,10,14H,3-4,7-9,11H2,1-2H3. The Kier molecular flexibility index (Phi) is 4.58. The molecule has 0 bridgehead atoms. The Hall–Kier alpha value is -2.48. The van der Waals surface area contributed by atoms with Crippen molar-refractivity contribution < 1.29 is 13.3 Å². The van der Waals surface area contributed by atoms with Gasteiger partial charge in [-0.05, 0) is 38.4 Å². The molecule has 1 saturated heterocycles. The Bertz CT molecular complexity index is 893. The average Bonchev–Trinajstić information content (AvgIpc) is 3.12. The minimum atomic E-state index is -0.299. The molecule has 1 aliphatic rings. The Morgan fingerprint density at radius 2 is 2.15 bits per heavy atom. The van der Waals surface area contributed by atoms with Crippen LogP contribution in [0.15, 0.2) is 27.1 Å². The summed E-state index contributed by atoms with van der Waals surface area (Å²) in [6.07, 6.45) is 3.10. The number of rotatable bonds is 4. The van der Waals surface area contributed by atoms with Crippen molar-refractivity contribution in [3.05, 3.63) is 35.7 Å². The van der Waals surface area contributed by atoms with Gasteiger partial charge in [-0.3, -0.25) is 4.90 Å². The number of oxazole rings is 1. The van der Waals surface area contributed by atoms with E-state index in [1.807, 2.05) is 0 Å². The van der Waals surface area contributed by atoms with Crippen molar-refractivity contribution in [3.63, 3.8) is 0 Å². The fourth-order valence-electron chi connectivity index (χ4n) is 3.49. The molecule has 4 rings (SSSR count). The normalized spacial score (nSPS) is 18.6. The molecule has 0 amide bonds. The lowest BCUT2D eigenvalue weighted by Crippen LogP contribution is -2.33. The summed E-state index contributed by atoms with van der Waals surface area (Å²) in [5.41, 5.74) is 1.18. The van der Waals surface area contributed by atoms with Gasteiger partial charge in [0.05, 0.1) is 6.54 Å². The maximum atomic E-state index is 13.4. The van der Waals surface area contributed by atoms with Crippen LogP contribution in [-0.2, 0) is 6.54 Å². The Labute approximate surface area is 150 Å². The van der Waals surface area contributed by atoms with E-state index < -0.39 is 0 Å². The highest BCUT2D eigenvalue weighted by molar-refractivity contribution is 5.74. The van der Waals surface area contributed by atoms with Gasteiger partial charge < -0.3 is 13.8 Å². The molecule has 3 heterocycles. The maximum absolute atomic E-state index is 13.4. The van der Waals surface area contributed by atoms with Crippen molar-refractivity contribution in [2.75, 3.05) is 25.0 Å². The maximum Gasteiger partial charge on any atom is 0.298 e. The van der Waals surface area contributed by atoms with Crippen molar-refractivity contribution >= 4 is 17.1 Å². The van der Waals surface area contributed by atoms with E-state index in [1.165, 1.54) is 12.1 Å². The van der Waals surface area contributed by atoms with E-state index in [0.717, 1.165) is 32.4 Å². The van der Waals surface area contributed by atoms with Gasteiger partial charge in [-0.25, -0.2) is 4.39 Å². The predicted octanol–water partition coefficient (Wildman–Crippen LogP) is 3.15. The Morgan fingerprint density at radius 3 is 2.96 bits per heavy atom. The molecule has 0 spiro atoms. The smallest absolute Gasteiger partial charge is 0.298 e. The summed E-state index contributed by atoms with van der Waals surface area (Å²) in [6.45, 7) is 4.19. The molecule has 1 fully saturated rings. The van der Waals surface area contributed by atoms with Gasteiger partial charge in [0.2, 0.25) is 5.89 Å². The zero-order valence-electron chi connectivity index (χ0n) is 15.0. The molecule has 0 N–H and O–H groups in total. The summed E-state index contributed by atoms with van der Waals surface area (Å²) in [5, 5.41) is 3.97. The van der Waals surface area contributed by atoms with E-state index in [0.29, 0.717) is 41.4 Å². The number of aryl methyl sites for hydroxylation is 1. The summed E-state index contributed by atoms with van der Waals surface area (Å²) in [6, 6.07) is 5.43. The summed E-state index contributed by atoms with van der Waals surface area (Å²) < 4.78 is 24.2. The minimum absolute atomic E-state index is 0.299. The number of fused-ring (bicyclic) bond motifs is 1. The van der Waals surface area contributed by atoms with Crippen molar-refractivity contribution in [1.82, 2.24) is 20.0 Å². The highest BCUT2D eigenvalue weighted by atomic mass is 19.1. The lowest BCUT2D eigenvalue weighted by Gasteiger charge is -2.25. The minimum Gasteiger partial charge on any atom is -0.423 e. The second-order valence-electron chi connectivity index (χ2n) is 6.82. The SMILES string of the molecule is Cc1nc(CN(C)C2CCCN(c3nc4cc(F)ccc4o3)CC2)no1. The average molecular weight is 359 g/mol. The first-order valence-electron chi connectivity index (χ1n) is 8.89. The molecule has 7 nitrogen and oxygen atoms in total. The number of nitrogens with zero attached hydrogens (tertiary/aromatic N) is 5. The molecule has 1 atom stereocenters. The third-order valence-corrected chi connectivity index (χ3v) is 4.89. The predicted molar refractivity (Wildman–Crippen MR) is 94.3 cm³/mol. The van der Waals surface area contributed by atoms with Crippen molar-refractivity contribution in [1.29, 1.82) is 0 Å². The molecule has 0 radical (unpaired) electrons. The van der Waals surface area contributed by atoms with E-state index in [2.05, 4.69) is 32.0 Å². The van der Waals surface area contributed by atoms with Gasteiger partial charge in [0, 0.05) is 32.1 Å². The quantitative estimate of drug-likeness (QED) is 0.708. The van der Waals surface area contributed by atoms with Gasteiger partial charge in [0.1, 0.15) is 11.3 Å². The molecular weight excluding hydrogens is 337 g/mol. The van der Waals surface area contributed by atoms with Crippen LogP contribution in [0.4, 0.5) is 10.4 Å². The number of hydrogen-bond donors (Lipinski definition) is 0. The largest absolute Gasteiger partial charge is 0.423 e. The van der Waals surface area contributed by atoms with Crippen LogP contribution in [0.2, 0.25) is 0 Å². The van der Waals surface area contributed by atoms with Gasteiger partial charge in [0.25, 0.3) is 6.01 Å². The molecule has 1 aliphatic heterocycles. The van der Waals surface area contributed by atoms with E-state index >= 15 is 0 Å². The van der Waals surface area contributed by atoms with Gasteiger partial charge in [0.15, 0.2) is 11.4 Å². The van der Waals surface area contributed by atoms with E-state index in [1.54, 1.807) is 13.0 Å². The van der Waals surface area contributed by atoms with Gasteiger partial charge in [-0.1, -0.05) is 5.16 Å². The molecule has 1 aromatic carbocycles. The van der Waals surface area contributed by atoms with Crippen LogP contribution in [0.3, 0.4) is 0 Å². The molecule has 2 aromatic heterocycles. The number of hydrogen-bond acceptors (Lipinski definition) is 7. The molecule has 8 heteroatoms. The fourth-order valence-corrected chi connectivity index (χ4v) is 3.49. The molecule has 3 aromatic rings. The van der Waals surface area contributed by atoms with Gasteiger partial charge in [-0.2, -0.15) is 9.97 Å². The first-order chi connectivity index (χ1) is 12.6. The molecule has 138 valence electrons. The first kappa shape index (κ1) is 17.0. The van der Waals surface area contributed by atoms with Crippen LogP contribution in [0, 0.1) is 12.7 Å². The lowest BCUT2D eigenvalue weighted by molar-refractivity contribution is 0.209. The summed E-state index contributed by atoms with van der Waals surface area (Å²) in [4.78, 5) is 13.1. The monoisotopic (exact) mass is 359 g/mol. The lowest BCUT2D eigenvalue weighted by atomic mass is 10.1. The van der Waals surface area contributed by atoms with Gasteiger partial charge in [-0.15, -0.1) is 0 Å². The summed E-state index contributed by atoms with van der Waals surface area (Å²) >= 11 is 0. The summed E-state index contributed by atoms with van der Waals surface area (Å²) in [5.74, 6) is 1.01. The molecule has 26 heavy (non-hydrogen) atoms. The zero-order valence-corrected chi connectivity index (χ0v) is 15.0. The van der Waals surface area contributed by atoms with Gasteiger partial charge >= 0.3 is 0 Å². The first-order valence-corrected chi connectivity index (χ1v) is 8.89. The van der Waals surface area contributed by atoms with E-state index in [-0.39, 0.29) is 5.82 Å². The third kappa shape index (κ3) is 3.55.